The molecule has 2 unspecified atom stereocenters. The molecular weight excluding hydrogens is 276 g/mol. The second kappa shape index (κ2) is 4.51. The number of piperidine rings is 1. The van der Waals surface area contributed by atoms with Crippen LogP contribution in [0, 0.1) is 17.3 Å². The molecule has 1 saturated heterocycles. The van der Waals surface area contributed by atoms with Crippen molar-refractivity contribution in [3.63, 3.8) is 0 Å². The van der Waals surface area contributed by atoms with Crippen molar-refractivity contribution in [1.29, 1.82) is 0 Å². The van der Waals surface area contributed by atoms with Gasteiger partial charge in [0.25, 0.3) is 0 Å². The molecule has 1 aliphatic heterocycles. The molecular formula is C13H18N4O2S. The minimum atomic E-state index is -0.158. The average molecular weight is 294 g/mol. The average Bonchev–Trinajstić information content (AvgIpc) is 2.71. The van der Waals surface area contributed by atoms with Crippen LogP contribution >= 0.6 is 11.5 Å². The molecule has 7 heteroatoms. The summed E-state index contributed by atoms with van der Waals surface area (Å²) in [5.74, 6) is -0.374. The van der Waals surface area contributed by atoms with Gasteiger partial charge in [-0.25, -0.2) is 0 Å². The van der Waals surface area contributed by atoms with Crippen LogP contribution in [0.1, 0.15) is 32.9 Å². The minimum Gasteiger partial charge on any atom is -0.374 e. The molecule has 2 aliphatic rings. The number of nitrogens with zero attached hydrogens (tertiary/aromatic N) is 3. The topological polar surface area (TPSA) is 75.2 Å². The highest BCUT2D eigenvalue weighted by atomic mass is 32.1. The fraction of sp³-hybridized carbons (Fsp3) is 0.692. The fourth-order valence-electron chi connectivity index (χ4n) is 2.99. The summed E-state index contributed by atoms with van der Waals surface area (Å²) in [5, 5.41) is 8.12. The van der Waals surface area contributed by atoms with Crippen molar-refractivity contribution in [2.24, 2.45) is 17.3 Å². The lowest BCUT2D eigenvalue weighted by atomic mass is 10.1. The number of carbonyl (C=O) groups is 2. The number of nitrogens with one attached hydrogen (secondary N) is 1. The van der Waals surface area contributed by atoms with Gasteiger partial charge in [-0.3, -0.25) is 14.5 Å². The highest BCUT2D eigenvalue weighted by Crippen LogP contribution is 2.63. The molecule has 0 aromatic carbocycles. The molecule has 0 radical (unpaired) electrons. The van der Waals surface area contributed by atoms with Gasteiger partial charge in [0, 0.05) is 18.1 Å². The van der Waals surface area contributed by atoms with Crippen LogP contribution in [0.4, 0.5) is 5.00 Å². The van der Waals surface area contributed by atoms with Crippen LogP contribution < -0.4 is 5.32 Å². The second-order valence-corrected chi connectivity index (χ2v) is 6.77. The van der Waals surface area contributed by atoms with Gasteiger partial charge in [-0.15, -0.1) is 5.10 Å². The van der Waals surface area contributed by atoms with Crippen molar-refractivity contribution in [3.05, 3.63) is 5.69 Å². The zero-order valence-electron chi connectivity index (χ0n) is 11.8. The van der Waals surface area contributed by atoms with E-state index in [1.807, 2.05) is 13.8 Å². The molecule has 108 valence electrons. The summed E-state index contributed by atoms with van der Waals surface area (Å²) in [6.45, 7) is 7.10. The van der Waals surface area contributed by atoms with Crippen LogP contribution in [0.15, 0.2) is 0 Å². The minimum absolute atomic E-state index is 0.0561. The van der Waals surface area contributed by atoms with E-state index in [-0.39, 0.29) is 35.6 Å². The number of anilines is 1. The summed E-state index contributed by atoms with van der Waals surface area (Å²) in [6.07, 6.45) is 0.997. The van der Waals surface area contributed by atoms with Crippen molar-refractivity contribution in [1.82, 2.24) is 14.5 Å². The Bertz CT molecular complexity index is 544. The highest BCUT2D eigenvalue weighted by Gasteiger charge is 2.72. The Balaban J connectivity index is 1.72. The third-order valence-electron chi connectivity index (χ3n) is 4.29. The van der Waals surface area contributed by atoms with Gasteiger partial charge >= 0.3 is 0 Å². The number of fused-ring (bicyclic) bond motifs is 1. The Morgan fingerprint density at radius 2 is 1.95 bits per heavy atom. The summed E-state index contributed by atoms with van der Waals surface area (Å²) in [6, 6.07) is 0. The molecule has 1 saturated carbocycles. The number of hydrogen-bond donors (Lipinski definition) is 1. The maximum absolute atomic E-state index is 12.3. The predicted molar refractivity (Wildman–Crippen MR) is 75.0 cm³/mol. The molecule has 2 atom stereocenters. The van der Waals surface area contributed by atoms with Gasteiger partial charge in [-0.2, -0.15) is 0 Å². The fourth-order valence-corrected chi connectivity index (χ4v) is 3.59. The molecule has 1 N–H and O–H groups in total. The second-order valence-electron chi connectivity index (χ2n) is 6.01. The van der Waals surface area contributed by atoms with E-state index in [1.165, 1.54) is 16.4 Å². The number of aromatic nitrogens is 2. The quantitative estimate of drug-likeness (QED) is 0.833. The van der Waals surface area contributed by atoms with Crippen LogP contribution in [0.5, 0.6) is 0 Å². The Labute approximate surface area is 121 Å². The lowest BCUT2D eigenvalue weighted by molar-refractivity contribution is -0.143. The Morgan fingerprint density at radius 3 is 2.55 bits per heavy atom. The zero-order chi connectivity index (χ0) is 14.5. The van der Waals surface area contributed by atoms with Crippen LogP contribution in [-0.2, 0) is 16.1 Å². The van der Waals surface area contributed by atoms with Gasteiger partial charge in [-0.1, -0.05) is 25.3 Å². The van der Waals surface area contributed by atoms with Gasteiger partial charge in [-0.05, 0) is 11.8 Å². The maximum Gasteiger partial charge on any atom is 0.234 e. The van der Waals surface area contributed by atoms with Gasteiger partial charge in [0.2, 0.25) is 11.8 Å². The van der Waals surface area contributed by atoms with Crippen LogP contribution in [0.3, 0.4) is 0 Å². The lowest BCUT2D eigenvalue weighted by Crippen LogP contribution is -2.36. The largest absolute Gasteiger partial charge is 0.374 e. The molecule has 2 heterocycles. The van der Waals surface area contributed by atoms with E-state index < -0.39 is 0 Å². The van der Waals surface area contributed by atoms with E-state index in [0.29, 0.717) is 5.69 Å². The highest BCUT2D eigenvalue weighted by molar-refractivity contribution is 7.10. The zero-order valence-corrected chi connectivity index (χ0v) is 12.7. The van der Waals surface area contributed by atoms with E-state index in [1.54, 1.807) is 0 Å². The molecule has 3 rings (SSSR count). The molecule has 20 heavy (non-hydrogen) atoms. The van der Waals surface area contributed by atoms with Gasteiger partial charge in [0.05, 0.1) is 18.4 Å². The summed E-state index contributed by atoms with van der Waals surface area (Å²) in [7, 11) is 0. The first-order chi connectivity index (χ1) is 9.48. The monoisotopic (exact) mass is 294 g/mol. The van der Waals surface area contributed by atoms with E-state index >= 15 is 0 Å². The van der Waals surface area contributed by atoms with Crippen molar-refractivity contribution >= 4 is 28.3 Å². The smallest absolute Gasteiger partial charge is 0.234 e. The molecule has 0 bridgehead atoms. The normalized spacial score (nSPS) is 26.9. The lowest BCUT2D eigenvalue weighted by Gasteiger charge is -2.19. The van der Waals surface area contributed by atoms with Crippen molar-refractivity contribution in [2.75, 3.05) is 11.9 Å². The standard InChI is InChI=1S/C13H18N4O2S/c1-4-5-14-10-7(15-16-20-10)6-17-11(18)8-9(12(17)19)13(8,2)3/h8-9,14H,4-6H2,1-3H3. The Kier molecular flexibility index (Phi) is 3.04. The van der Waals surface area contributed by atoms with E-state index in [0.717, 1.165) is 18.0 Å². The Hall–Kier alpha value is -1.50. The third-order valence-corrected chi connectivity index (χ3v) is 5.02. The Morgan fingerprint density at radius 1 is 1.30 bits per heavy atom. The molecule has 1 aromatic heterocycles. The molecule has 1 aromatic rings. The maximum atomic E-state index is 12.3. The van der Waals surface area contributed by atoms with Gasteiger partial charge in [0.1, 0.15) is 10.7 Å². The number of imide groups is 1. The SMILES string of the molecule is CCCNc1snnc1CN1C(=O)C2C(C1=O)C2(C)C. The van der Waals surface area contributed by atoms with Crippen molar-refractivity contribution in [2.45, 2.75) is 33.7 Å². The third kappa shape index (κ3) is 1.83. The number of amides is 2. The molecule has 6 nitrogen and oxygen atoms in total. The number of hydrogen-bond acceptors (Lipinski definition) is 6. The van der Waals surface area contributed by atoms with Crippen LogP contribution in [0.2, 0.25) is 0 Å². The van der Waals surface area contributed by atoms with E-state index in [4.69, 9.17) is 0 Å². The molecule has 1 aliphatic carbocycles. The van der Waals surface area contributed by atoms with Crippen molar-refractivity contribution < 1.29 is 9.59 Å². The van der Waals surface area contributed by atoms with Crippen LogP contribution in [-0.4, -0.2) is 32.8 Å². The first-order valence-corrected chi connectivity index (χ1v) is 7.66. The summed E-state index contributed by atoms with van der Waals surface area (Å²) in [5.41, 5.74) is 0.526. The molecule has 0 spiro atoms. The molecule has 2 amide bonds. The van der Waals surface area contributed by atoms with E-state index in [2.05, 4.69) is 21.8 Å². The van der Waals surface area contributed by atoms with Gasteiger partial charge in [0.15, 0.2) is 0 Å². The number of likely N-dealkylation sites (tertiary alicyclic amines) is 1. The number of carbonyl (C=O) groups excluding carboxylic acids is 2. The van der Waals surface area contributed by atoms with Crippen molar-refractivity contribution in [3.8, 4) is 0 Å². The van der Waals surface area contributed by atoms with Gasteiger partial charge < -0.3 is 5.32 Å². The predicted octanol–water partition coefficient (Wildman–Crippen LogP) is 1.50. The summed E-state index contributed by atoms with van der Waals surface area (Å²) >= 11 is 1.27. The molecule has 2 fully saturated rings. The van der Waals surface area contributed by atoms with E-state index in [9.17, 15) is 9.59 Å². The number of rotatable bonds is 5. The first-order valence-electron chi connectivity index (χ1n) is 6.88. The summed E-state index contributed by atoms with van der Waals surface area (Å²) in [4.78, 5) is 25.9. The van der Waals surface area contributed by atoms with Crippen LogP contribution in [0.25, 0.3) is 0 Å². The first kappa shape index (κ1) is 13.5. The summed E-state index contributed by atoms with van der Waals surface area (Å²) < 4.78 is 3.91.